The third-order valence-corrected chi connectivity index (χ3v) is 12.0. The van der Waals surface area contributed by atoms with E-state index >= 15 is 0 Å². The molecule has 0 bridgehead atoms. The van der Waals surface area contributed by atoms with Gasteiger partial charge in [0.15, 0.2) is 0 Å². The highest BCUT2D eigenvalue weighted by molar-refractivity contribution is 7.99. The maximum Gasteiger partial charge on any atom is 0.135 e. The molecule has 0 radical (unpaired) electrons. The normalized spacial score (nSPS) is 12.3. The summed E-state index contributed by atoms with van der Waals surface area (Å²) in [4.78, 5) is 4.90. The zero-order chi connectivity index (χ0) is 36.3. The van der Waals surface area contributed by atoms with Crippen LogP contribution in [0.25, 0.3) is 77.2 Å². The Morgan fingerprint density at radius 2 is 0.873 bits per heavy atom. The van der Waals surface area contributed by atoms with Gasteiger partial charge >= 0.3 is 0 Å². The number of nitrogens with zero attached hydrogens (tertiary/aromatic N) is 1. The molecule has 9 aromatic carbocycles. The minimum atomic E-state index is 0.918. The van der Waals surface area contributed by atoms with Crippen LogP contribution in [0.15, 0.2) is 214 Å². The van der Waals surface area contributed by atoms with E-state index in [0.29, 0.717) is 0 Å². The van der Waals surface area contributed by atoms with E-state index in [4.69, 9.17) is 4.42 Å². The molecule has 2 nitrogen and oxygen atoms in total. The molecule has 1 aromatic heterocycles. The quantitative estimate of drug-likeness (QED) is 0.176. The lowest BCUT2D eigenvalue weighted by Gasteiger charge is -2.33. The molecule has 10 aromatic rings. The van der Waals surface area contributed by atoms with Gasteiger partial charge in [0.1, 0.15) is 11.2 Å². The number of anilines is 3. The summed E-state index contributed by atoms with van der Waals surface area (Å²) in [5.41, 5.74) is 15.0. The number of hydrogen-bond donors (Lipinski definition) is 0. The molecule has 0 atom stereocenters. The predicted octanol–water partition coefficient (Wildman–Crippen LogP) is 15.3. The summed E-state index contributed by atoms with van der Waals surface area (Å²) >= 11 is 1.86. The van der Waals surface area contributed by atoms with Gasteiger partial charge in [-0.05, 0) is 110 Å². The van der Waals surface area contributed by atoms with E-state index < -0.39 is 0 Å². The molecule has 0 N–H and O–H groups in total. The Kier molecular flexibility index (Phi) is 7.46. The fraction of sp³-hybridized carbons (Fsp3) is 0. The van der Waals surface area contributed by atoms with Gasteiger partial charge in [0, 0.05) is 26.3 Å². The van der Waals surface area contributed by atoms with Crippen molar-refractivity contribution in [1.82, 2.24) is 0 Å². The number of furan rings is 1. The Hall–Kier alpha value is -6.81. The molecule has 258 valence electrons. The maximum absolute atomic E-state index is 6.07. The summed E-state index contributed by atoms with van der Waals surface area (Å²) in [5.74, 6) is 0. The van der Waals surface area contributed by atoms with E-state index in [1.807, 2.05) is 23.9 Å². The highest BCUT2D eigenvalue weighted by Crippen LogP contribution is 2.53. The predicted molar refractivity (Wildman–Crippen MR) is 232 cm³/mol. The largest absolute Gasteiger partial charge is 0.456 e. The first-order valence-electron chi connectivity index (χ1n) is 18.7. The lowest BCUT2D eigenvalue weighted by molar-refractivity contribution is 0.669. The SMILES string of the molecule is c1ccc(-c2ccc3c(c2)Sc2cc(-c4cccc5ccccc45)ccc2N3c2ccc(-c3ccc(-c4ccc5oc6ccccc6c5c4)cc3)cc2)cc1. The molecule has 2 heterocycles. The number of hydrogen-bond acceptors (Lipinski definition) is 3. The Labute approximate surface area is 323 Å². The van der Waals surface area contributed by atoms with E-state index in [1.165, 1.54) is 76.4 Å². The van der Waals surface area contributed by atoms with Gasteiger partial charge < -0.3 is 9.32 Å². The van der Waals surface area contributed by atoms with Crippen LogP contribution in [-0.2, 0) is 0 Å². The van der Waals surface area contributed by atoms with Crippen molar-refractivity contribution in [1.29, 1.82) is 0 Å². The van der Waals surface area contributed by atoms with Crippen molar-refractivity contribution in [3.63, 3.8) is 0 Å². The molecule has 0 amide bonds. The second kappa shape index (κ2) is 12.9. The van der Waals surface area contributed by atoms with Crippen molar-refractivity contribution in [2.75, 3.05) is 4.90 Å². The Morgan fingerprint density at radius 1 is 0.345 bits per heavy atom. The second-order valence-corrected chi connectivity index (χ2v) is 15.2. The summed E-state index contributed by atoms with van der Waals surface area (Å²) < 4.78 is 6.07. The Morgan fingerprint density at radius 3 is 1.65 bits per heavy atom. The topological polar surface area (TPSA) is 16.4 Å². The molecule has 55 heavy (non-hydrogen) atoms. The van der Waals surface area contributed by atoms with Crippen LogP contribution in [0.1, 0.15) is 0 Å². The van der Waals surface area contributed by atoms with Gasteiger partial charge in [-0.25, -0.2) is 0 Å². The maximum atomic E-state index is 6.07. The average molecular weight is 720 g/mol. The number of rotatable bonds is 5. The van der Waals surface area contributed by atoms with E-state index in [-0.39, 0.29) is 0 Å². The first-order valence-corrected chi connectivity index (χ1v) is 19.5. The van der Waals surface area contributed by atoms with Gasteiger partial charge in [-0.1, -0.05) is 157 Å². The highest BCUT2D eigenvalue weighted by atomic mass is 32.2. The molecule has 0 unspecified atom stereocenters. The number of fused-ring (bicyclic) bond motifs is 6. The third kappa shape index (κ3) is 5.51. The molecule has 1 aliphatic rings. The van der Waals surface area contributed by atoms with Crippen molar-refractivity contribution in [3.8, 4) is 44.5 Å². The molecule has 1 aliphatic heterocycles. The van der Waals surface area contributed by atoms with Gasteiger partial charge in [-0.15, -0.1) is 0 Å². The summed E-state index contributed by atoms with van der Waals surface area (Å²) in [7, 11) is 0. The molecule has 0 saturated carbocycles. The molecule has 0 saturated heterocycles. The Bertz CT molecular complexity index is 3050. The smallest absolute Gasteiger partial charge is 0.135 e. The first-order chi connectivity index (χ1) is 27.2. The fourth-order valence-electron chi connectivity index (χ4n) is 8.11. The van der Waals surface area contributed by atoms with E-state index in [2.05, 4.69) is 193 Å². The Balaban J connectivity index is 0.954. The molecule has 0 fully saturated rings. The summed E-state index contributed by atoms with van der Waals surface area (Å²) in [5, 5.41) is 4.82. The standard InChI is InChI=1S/C52H33NOS/c1-2-9-34(10-3-1)40-23-28-47-51(32-40)55-52-33-41(44-15-8-12-38-11-4-5-13-43(38)44)24-29-48(52)53(47)42-26-21-36(22-27-42)35-17-19-37(20-18-35)39-25-30-50-46(31-39)45-14-6-7-16-49(45)54-50/h1-33H. The van der Waals surface area contributed by atoms with Crippen LogP contribution in [0.3, 0.4) is 0 Å². The fourth-order valence-corrected chi connectivity index (χ4v) is 9.24. The molecular formula is C52H33NOS. The molecule has 0 spiro atoms. The van der Waals surface area contributed by atoms with Crippen LogP contribution in [0.5, 0.6) is 0 Å². The summed E-state index contributed by atoms with van der Waals surface area (Å²) in [6, 6.07) is 72.3. The zero-order valence-electron chi connectivity index (χ0n) is 29.8. The van der Waals surface area contributed by atoms with Gasteiger partial charge in [0.2, 0.25) is 0 Å². The van der Waals surface area contributed by atoms with Gasteiger partial charge in [-0.3, -0.25) is 0 Å². The van der Waals surface area contributed by atoms with Crippen molar-refractivity contribution in [2.24, 2.45) is 0 Å². The minimum absolute atomic E-state index is 0.918. The third-order valence-electron chi connectivity index (χ3n) is 10.9. The zero-order valence-corrected chi connectivity index (χ0v) is 30.6. The molecule has 11 rings (SSSR count). The van der Waals surface area contributed by atoms with Crippen LogP contribution in [0.2, 0.25) is 0 Å². The average Bonchev–Trinajstić information content (AvgIpc) is 3.63. The van der Waals surface area contributed by atoms with Crippen LogP contribution in [-0.4, -0.2) is 0 Å². The lowest BCUT2D eigenvalue weighted by atomic mass is 9.97. The van der Waals surface area contributed by atoms with E-state index in [9.17, 15) is 0 Å². The highest BCUT2D eigenvalue weighted by Gasteiger charge is 2.26. The van der Waals surface area contributed by atoms with Crippen LogP contribution in [0, 0.1) is 0 Å². The minimum Gasteiger partial charge on any atom is -0.456 e. The first kappa shape index (κ1) is 31.7. The van der Waals surface area contributed by atoms with Gasteiger partial charge in [0.25, 0.3) is 0 Å². The van der Waals surface area contributed by atoms with Crippen LogP contribution >= 0.6 is 11.8 Å². The molecule has 0 aliphatic carbocycles. The molecular weight excluding hydrogens is 687 g/mol. The molecule has 3 heteroatoms. The van der Waals surface area contributed by atoms with Gasteiger partial charge in [-0.2, -0.15) is 0 Å². The van der Waals surface area contributed by atoms with E-state index in [0.717, 1.165) is 27.6 Å². The van der Waals surface area contributed by atoms with Crippen molar-refractivity contribution in [3.05, 3.63) is 200 Å². The van der Waals surface area contributed by atoms with Crippen LogP contribution in [0.4, 0.5) is 17.1 Å². The number of benzene rings is 9. The van der Waals surface area contributed by atoms with Crippen molar-refractivity contribution in [2.45, 2.75) is 9.79 Å². The summed E-state index contributed by atoms with van der Waals surface area (Å²) in [6.07, 6.45) is 0. The van der Waals surface area contributed by atoms with Gasteiger partial charge in [0.05, 0.1) is 11.4 Å². The lowest BCUT2D eigenvalue weighted by Crippen LogP contribution is -2.15. The van der Waals surface area contributed by atoms with Crippen LogP contribution < -0.4 is 4.90 Å². The van der Waals surface area contributed by atoms with Crippen molar-refractivity contribution < 1.29 is 4.42 Å². The van der Waals surface area contributed by atoms with E-state index in [1.54, 1.807) is 0 Å². The second-order valence-electron chi connectivity index (χ2n) is 14.1. The number of para-hydroxylation sites is 1. The summed E-state index contributed by atoms with van der Waals surface area (Å²) in [6.45, 7) is 0. The van der Waals surface area contributed by atoms with Crippen molar-refractivity contribution >= 4 is 61.5 Å². The monoisotopic (exact) mass is 719 g/mol.